The molecule has 0 aliphatic carbocycles. The Morgan fingerprint density at radius 3 is 2.74 bits per heavy atom. The summed E-state index contributed by atoms with van der Waals surface area (Å²) in [5.74, 6) is 2.11. The lowest BCUT2D eigenvalue weighted by atomic mass is 9.91. The number of fused-ring (bicyclic) bond motifs is 1. The first-order valence-corrected chi connectivity index (χ1v) is 11.8. The molecule has 8 nitrogen and oxygen atoms in total. The Balaban J connectivity index is 1.54. The highest BCUT2D eigenvalue weighted by Gasteiger charge is 2.29. The van der Waals surface area contributed by atoms with Crippen LogP contribution >= 0.6 is 11.6 Å². The van der Waals surface area contributed by atoms with Crippen molar-refractivity contribution >= 4 is 29.1 Å². The molecule has 0 saturated heterocycles. The molecule has 0 fully saturated rings. The number of benzene rings is 2. The monoisotopic (exact) mass is 490 g/mol. The van der Waals surface area contributed by atoms with Gasteiger partial charge in [0.05, 0.1) is 37.6 Å². The van der Waals surface area contributed by atoms with E-state index in [2.05, 4.69) is 34.3 Å². The minimum absolute atomic E-state index is 0.0374. The molecule has 4 aromatic rings. The summed E-state index contributed by atoms with van der Waals surface area (Å²) in [7, 11) is 3.67. The maximum absolute atomic E-state index is 6.00. The Morgan fingerprint density at radius 1 is 1.20 bits per heavy atom. The van der Waals surface area contributed by atoms with Gasteiger partial charge in [0.15, 0.2) is 0 Å². The number of methoxy groups -OCH3 is 1. The van der Waals surface area contributed by atoms with Gasteiger partial charge in [-0.15, -0.1) is 0 Å². The van der Waals surface area contributed by atoms with E-state index in [0.717, 1.165) is 35.0 Å². The first-order chi connectivity index (χ1) is 17.1. The molecule has 0 radical (unpaired) electrons. The molecule has 2 aromatic carbocycles. The molecule has 35 heavy (non-hydrogen) atoms. The van der Waals surface area contributed by atoms with Gasteiger partial charge in [0.25, 0.3) is 0 Å². The van der Waals surface area contributed by atoms with Gasteiger partial charge in [-0.3, -0.25) is 0 Å². The average Bonchev–Trinajstić information content (AvgIpc) is 3.33. The Kier molecular flexibility index (Phi) is 6.57. The van der Waals surface area contributed by atoms with Crippen molar-refractivity contribution in [3.63, 3.8) is 0 Å². The first kappa shape index (κ1) is 23.1. The van der Waals surface area contributed by atoms with Gasteiger partial charge in [0.1, 0.15) is 23.0 Å². The van der Waals surface area contributed by atoms with Crippen LogP contribution in [0.4, 0.5) is 17.5 Å². The third-order valence-electron chi connectivity index (χ3n) is 6.18. The van der Waals surface area contributed by atoms with Crippen LogP contribution in [0, 0.1) is 0 Å². The van der Waals surface area contributed by atoms with Crippen LogP contribution in [0.1, 0.15) is 29.7 Å². The standard InChI is InChI=1S/C26H27ClN6O2/c1-4-32(2)25-20-15-35-14-19(17-8-6-5-7-9-17)24(20)30-26(31-25)29-18-10-11-21(22(12-18)34-3)33-13-23(27)28-16-33/h5-13,16,19H,4,14-15H2,1-3H3,(H,29,30,31). The minimum Gasteiger partial charge on any atom is -0.494 e. The molecule has 1 N–H and O–H groups in total. The second-order valence-corrected chi connectivity index (χ2v) is 8.73. The summed E-state index contributed by atoms with van der Waals surface area (Å²) >= 11 is 6.00. The van der Waals surface area contributed by atoms with E-state index in [1.54, 1.807) is 19.6 Å². The minimum atomic E-state index is 0.0374. The lowest BCUT2D eigenvalue weighted by Crippen LogP contribution is -2.26. The molecule has 2 aromatic heterocycles. The van der Waals surface area contributed by atoms with Crippen molar-refractivity contribution in [2.75, 3.05) is 37.5 Å². The van der Waals surface area contributed by atoms with E-state index in [1.165, 1.54) is 5.56 Å². The highest BCUT2D eigenvalue weighted by molar-refractivity contribution is 6.29. The van der Waals surface area contributed by atoms with Gasteiger partial charge in [-0.25, -0.2) is 9.97 Å². The van der Waals surface area contributed by atoms with Gasteiger partial charge < -0.3 is 24.3 Å². The third-order valence-corrected chi connectivity index (χ3v) is 6.38. The summed E-state index contributed by atoms with van der Waals surface area (Å²) < 4.78 is 13.4. The summed E-state index contributed by atoms with van der Waals surface area (Å²) in [4.78, 5) is 16.1. The Bertz CT molecular complexity index is 1330. The molecule has 9 heteroatoms. The number of ether oxygens (including phenoxy) is 2. The predicted molar refractivity (Wildman–Crippen MR) is 137 cm³/mol. The zero-order valence-corrected chi connectivity index (χ0v) is 20.7. The summed E-state index contributed by atoms with van der Waals surface area (Å²) in [6.07, 6.45) is 3.39. The van der Waals surface area contributed by atoms with Crippen molar-refractivity contribution in [1.82, 2.24) is 19.5 Å². The molecule has 0 amide bonds. The molecule has 1 atom stereocenters. The van der Waals surface area contributed by atoms with Crippen LogP contribution in [0.5, 0.6) is 5.75 Å². The van der Waals surface area contributed by atoms with E-state index in [4.69, 9.17) is 31.0 Å². The summed E-state index contributed by atoms with van der Waals surface area (Å²) in [6.45, 7) is 3.99. The van der Waals surface area contributed by atoms with Crippen LogP contribution in [-0.2, 0) is 11.3 Å². The summed E-state index contributed by atoms with van der Waals surface area (Å²) in [5.41, 5.74) is 4.84. The van der Waals surface area contributed by atoms with Crippen molar-refractivity contribution in [3.05, 3.63) is 83.0 Å². The maximum Gasteiger partial charge on any atom is 0.229 e. The fourth-order valence-corrected chi connectivity index (χ4v) is 4.41. The number of nitrogens with one attached hydrogen (secondary N) is 1. The summed E-state index contributed by atoms with van der Waals surface area (Å²) in [6, 6.07) is 16.2. The van der Waals surface area contributed by atoms with Gasteiger partial charge in [-0.1, -0.05) is 41.9 Å². The Morgan fingerprint density at radius 2 is 2.03 bits per heavy atom. The zero-order chi connectivity index (χ0) is 24.4. The highest BCUT2D eigenvalue weighted by atomic mass is 35.5. The molecular formula is C26H27ClN6O2. The number of halogens is 1. The number of hydrogen-bond donors (Lipinski definition) is 1. The van der Waals surface area contributed by atoms with Crippen LogP contribution in [0.3, 0.4) is 0 Å². The number of anilines is 3. The lowest BCUT2D eigenvalue weighted by Gasteiger charge is -2.29. The zero-order valence-electron chi connectivity index (χ0n) is 19.9. The molecule has 0 spiro atoms. The molecule has 0 bridgehead atoms. The number of rotatable bonds is 7. The van der Waals surface area contributed by atoms with E-state index < -0.39 is 0 Å². The van der Waals surface area contributed by atoms with Crippen LogP contribution < -0.4 is 15.0 Å². The van der Waals surface area contributed by atoms with E-state index in [-0.39, 0.29) is 5.92 Å². The van der Waals surface area contributed by atoms with Crippen LogP contribution in [0.15, 0.2) is 61.1 Å². The van der Waals surface area contributed by atoms with Crippen LogP contribution in [0.2, 0.25) is 5.15 Å². The van der Waals surface area contributed by atoms with Crippen LogP contribution in [0.25, 0.3) is 5.69 Å². The normalized spacial score (nSPS) is 14.9. The average molecular weight is 491 g/mol. The largest absolute Gasteiger partial charge is 0.494 e. The van der Waals surface area contributed by atoms with Gasteiger partial charge >= 0.3 is 0 Å². The van der Waals surface area contributed by atoms with E-state index in [9.17, 15) is 0 Å². The number of nitrogens with zero attached hydrogens (tertiary/aromatic N) is 5. The van der Waals surface area contributed by atoms with Gasteiger partial charge in [0.2, 0.25) is 5.95 Å². The second-order valence-electron chi connectivity index (χ2n) is 8.34. The Hall–Kier alpha value is -3.62. The van der Waals surface area contributed by atoms with Gasteiger partial charge in [-0.2, -0.15) is 4.98 Å². The molecule has 180 valence electrons. The fourth-order valence-electron chi connectivity index (χ4n) is 4.26. The number of hydrogen-bond acceptors (Lipinski definition) is 7. The quantitative estimate of drug-likeness (QED) is 0.382. The molecule has 0 saturated carbocycles. The van der Waals surface area contributed by atoms with Crippen molar-refractivity contribution in [2.45, 2.75) is 19.4 Å². The van der Waals surface area contributed by atoms with Gasteiger partial charge in [0, 0.05) is 37.1 Å². The molecule has 5 rings (SSSR count). The van der Waals surface area contributed by atoms with E-state index in [0.29, 0.717) is 30.1 Å². The number of aromatic nitrogens is 4. The second kappa shape index (κ2) is 9.93. The maximum atomic E-state index is 6.00. The van der Waals surface area contributed by atoms with Crippen molar-refractivity contribution in [2.24, 2.45) is 0 Å². The van der Waals surface area contributed by atoms with E-state index in [1.807, 2.05) is 48.0 Å². The molecule has 1 unspecified atom stereocenters. The van der Waals surface area contributed by atoms with Crippen molar-refractivity contribution in [3.8, 4) is 11.4 Å². The fraction of sp³-hybridized carbons (Fsp3) is 0.269. The summed E-state index contributed by atoms with van der Waals surface area (Å²) in [5, 5.41) is 3.80. The van der Waals surface area contributed by atoms with E-state index >= 15 is 0 Å². The molecule has 1 aliphatic heterocycles. The van der Waals surface area contributed by atoms with Crippen molar-refractivity contribution in [1.29, 1.82) is 0 Å². The number of imidazole rings is 1. The highest BCUT2D eigenvalue weighted by Crippen LogP contribution is 2.36. The SMILES string of the molecule is CCN(C)c1nc(Nc2ccc(-n3cnc(Cl)c3)c(OC)c2)nc2c1COCC2c1ccccc1. The van der Waals surface area contributed by atoms with Crippen LogP contribution in [-0.4, -0.2) is 46.8 Å². The lowest BCUT2D eigenvalue weighted by molar-refractivity contribution is 0.0977. The molecule has 3 heterocycles. The predicted octanol–water partition coefficient (Wildman–Crippen LogP) is 5.19. The topological polar surface area (TPSA) is 77.3 Å². The third kappa shape index (κ3) is 4.67. The molecular weight excluding hydrogens is 464 g/mol. The molecule has 1 aliphatic rings. The van der Waals surface area contributed by atoms with Gasteiger partial charge in [-0.05, 0) is 24.6 Å². The first-order valence-electron chi connectivity index (χ1n) is 11.5. The smallest absolute Gasteiger partial charge is 0.229 e. The Labute approximate surface area is 209 Å². The van der Waals surface area contributed by atoms with Crippen molar-refractivity contribution < 1.29 is 9.47 Å².